The highest BCUT2D eigenvalue weighted by atomic mass is 16.6. The summed E-state index contributed by atoms with van der Waals surface area (Å²) in [6, 6.07) is 19.2. The van der Waals surface area contributed by atoms with Gasteiger partial charge in [0, 0.05) is 17.7 Å². The van der Waals surface area contributed by atoms with Crippen LogP contribution in [0.5, 0.6) is 0 Å². The molecule has 6 nitrogen and oxygen atoms in total. The highest BCUT2D eigenvalue weighted by Crippen LogP contribution is 2.15. The molecule has 3 rings (SSSR count). The zero-order valence-electron chi connectivity index (χ0n) is 12.5. The van der Waals surface area contributed by atoms with Crippen molar-refractivity contribution in [2.45, 2.75) is 0 Å². The Morgan fingerprint density at radius 2 is 1.79 bits per heavy atom. The Hall–Kier alpha value is -3.54. The zero-order valence-corrected chi connectivity index (χ0v) is 12.5. The van der Waals surface area contributed by atoms with E-state index in [0.717, 1.165) is 16.3 Å². The largest absolute Gasteiger partial charge is 0.271 e. The van der Waals surface area contributed by atoms with Crippen LogP contribution >= 0.6 is 0 Å². The highest BCUT2D eigenvalue weighted by Gasteiger charge is 2.10. The molecule has 0 fully saturated rings. The predicted molar refractivity (Wildman–Crippen MR) is 92.1 cm³/mol. The molecule has 3 aromatic rings. The number of nitrogens with zero attached hydrogens (tertiary/aromatic N) is 2. The van der Waals surface area contributed by atoms with Crippen LogP contribution in [0, 0.1) is 10.1 Å². The second-order valence-corrected chi connectivity index (χ2v) is 5.11. The van der Waals surface area contributed by atoms with E-state index < -0.39 is 10.8 Å². The Morgan fingerprint density at radius 1 is 1.00 bits per heavy atom. The van der Waals surface area contributed by atoms with Gasteiger partial charge >= 0.3 is 0 Å². The molecule has 0 saturated heterocycles. The highest BCUT2D eigenvalue weighted by molar-refractivity contribution is 5.96. The van der Waals surface area contributed by atoms with Crippen molar-refractivity contribution in [1.82, 2.24) is 5.43 Å². The molecule has 0 saturated carbocycles. The van der Waals surface area contributed by atoms with E-state index in [0.29, 0.717) is 0 Å². The second kappa shape index (κ2) is 6.70. The van der Waals surface area contributed by atoms with Gasteiger partial charge in [0.05, 0.1) is 11.1 Å². The summed E-state index contributed by atoms with van der Waals surface area (Å²) in [7, 11) is 0. The topological polar surface area (TPSA) is 84.6 Å². The van der Waals surface area contributed by atoms with Crippen LogP contribution in [0.4, 0.5) is 5.69 Å². The van der Waals surface area contributed by atoms with E-state index in [1.54, 1.807) is 0 Å². The van der Waals surface area contributed by atoms with Gasteiger partial charge in [0.25, 0.3) is 11.6 Å². The normalized spacial score (nSPS) is 10.8. The standard InChI is InChI=1S/C18H13N3O3/c22-18(16-6-3-7-17(11-16)21(23)24)20-19-12-13-8-9-14-4-1-2-5-15(14)10-13/h1-12H,(H,20,22)/b19-12+. The summed E-state index contributed by atoms with van der Waals surface area (Å²) in [5, 5.41) is 16.8. The van der Waals surface area contributed by atoms with Gasteiger partial charge in [0.15, 0.2) is 0 Å². The number of carbonyl (C=O) groups is 1. The Labute approximate surface area is 137 Å². The van der Waals surface area contributed by atoms with Crippen molar-refractivity contribution >= 4 is 28.6 Å². The number of benzene rings is 3. The molecule has 1 N–H and O–H groups in total. The van der Waals surface area contributed by atoms with Crippen LogP contribution in [0.1, 0.15) is 15.9 Å². The van der Waals surface area contributed by atoms with Crippen LogP contribution in [0.3, 0.4) is 0 Å². The predicted octanol–water partition coefficient (Wildman–Crippen LogP) is 3.51. The third kappa shape index (κ3) is 3.44. The molecule has 0 atom stereocenters. The summed E-state index contributed by atoms with van der Waals surface area (Å²) in [5.41, 5.74) is 3.25. The van der Waals surface area contributed by atoms with Crippen molar-refractivity contribution in [3.8, 4) is 0 Å². The summed E-state index contributed by atoms with van der Waals surface area (Å²) < 4.78 is 0. The van der Waals surface area contributed by atoms with Crippen LogP contribution < -0.4 is 5.43 Å². The molecule has 3 aromatic carbocycles. The van der Waals surface area contributed by atoms with Gasteiger partial charge in [-0.15, -0.1) is 0 Å². The molecule has 0 spiro atoms. The number of hydrogen-bond acceptors (Lipinski definition) is 4. The smallest absolute Gasteiger partial charge is 0.267 e. The third-order valence-corrected chi connectivity index (χ3v) is 3.47. The maximum atomic E-state index is 12.0. The quantitative estimate of drug-likeness (QED) is 0.453. The van der Waals surface area contributed by atoms with Crippen molar-refractivity contribution in [2.24, 2.45) is 5.10 Å². The SMILES string of the molecule is O=C(N/N=C/c1ccc2ccccc2c1)c1cccc([N+](=O)[O-])c1. The number of carbonyl (C=O) groups excluding carboxylic acids is 1. The summed E-state index contributed by atoms with van der Waals surface area (Å²) in [6.45, 7) is 0. The molecule has 1 amide bonds. The number of rotatable bonds is 4. The summed E-state index contributed by atoms with van der Waals surface area (Å²) in [6.07, 6.45) is 1.53. The molecule has 0 aliphatic rings. The fourth-order valence-electron chi connectivity index (χ4n) is 2.28. The van der Waals surface area contributed by atoms with E-state index in [2.05, 4.69) is 10.5 Å². The minimum Gasteiger partial charge on any atom is -0.267 e. The Kier molecular flexibility index (Phi) is 4.29. The van der Waals surface area contributed by atoms with Crippen molar-refractivity contribution < 1.29 is 9.72 Å². The van der Waals surface area contributed by atoms with Crippen molar-refractivity contribution in [2.75, 3.05) is 0 Å². The molecule has 0 heterocycles. The number of nitro groups is 1. The van der Waals surface area contributed by atoms with Crippen molar-refractivity contribution in [3.05, 3.63) is 88.0 Å². The summed E-state index contributed by atoms with van der Waals surface area (Å²) >= 11 is 0. The first-order chi connectivity index (χ1) is 11.6. The number of nitro benzene ring substituents is 1. The van der Waals surface area contributed by atoms with Gasteiger partial charge in [-0.05, 0) is 28.5 Å². The minimum absolute atomic E-state index is 0.138. The fourth-order valence-corrected chi connectivity index (χ4v) is 2.28. The first kappa shape index (κ1) is 15.4. The van der Waals surface area contributed by atoms with Gasteiger partial charge in [0.2, 0.25) is 0 Å². The molecular formula is C18H13N3O3. The molecule has 0 unspecified atom stereocenters. The van der Waals surface area contributed by atoms with E-state index in [4.69, 9.17) is 0 Å². The van der Waals surface area contributed by atoms with Gasteiger partial charge in [-0.1, -0.05) is 42.5 Å². The number of hydrogen-bond donors (Lipinski definition) is 1. The maximum absolute atomic E-state index is 12.0. The lowest BCUT2D eigenvalue weighted by atomic mass is 10.1. The molecule has 118 valence electrons. The van der Waals surface area contributed by atoms with Crippen molar-refractivity contribution in [1.29, 1.82) is 0 Å². The van der Waals surface area contributed by atoms with Crippen LogP contribution in [0.15, 0.2) is 71.8 Å². The summed E-state index contributed by atoms with van der Waals surface area (Å²) in [5.74, 6) is -0.504. The van der Waals surface area contributed by atoms with E-state index in [1.165, 1.54) is 30.5 Å². The van der Waals surface area contributed by atoms with Crippen LogP contribution in [0.25, 0.3) is 10.8 Å². The first-order valence-electron chi connectivity index (χ1n) is 7.20. The maximum Gasteiger partial charge on any atom is 0.271 e. The van der Waals surface area contributed by atoms with E-state index in [-0.39, 0.29) is 11.3 Å². The van der Waals surface area contributed by atoms with Gasteiger partial charge in [0.1, 0.15) is 0 Å². The zero-order chi connectivity index (χ0) is 16.9. The Balaban J connectivity index is 1.71. The first-order valence-corrected chi connectivity index (χ1v) is 7.20. The average molecular weight is 319 g/mol. The molecule has 24 heavy (non-hydrogen) atoms. The van der Waals surface area contributed by atoms with Gasteiger partial charge in [-0.2, -0.15) is 5.10 Å². The fraction of sp³-hybridized carbons (Fsp3) is 0. The van der Waals surface area contributed by atoms with E-state index in [9.17, 15) is 14.9 Å². The lowest BCUT2D eigenvalue weighted by molar-refractivity contribution is -0.384. The molecule has 0 bridgehead atoms. The average Bonchev–Trinajstić information content (AvgIpc) is 2.61. The number of amides is 1. The lowest BCUT2D eigenvalue weighted by Crippen LogP contribution is -2.17. The van der Waals surface area contributed by atoms with Crippen LogP contribution in [-0.2, 0) is 0 Å². The lowest BCUT2D eigenvalue weighted by Gasteiger charge is -2.01. The van der Waals surface area contributed by atoms with Gasteiger partial charge in [-0.25, -0.2) is 5.43 Å². The third-order valence-electron chi connectivity index (χ3n) is 3.47. The van der Waals surface area contributed by atoms with Gasteiger partial charge in [-0.3, -0.25) is 14.9 Å². The van der Waals surface area contributed by atoms with Crippen molar-refractivity contribution in [3.63, 3.8) is 0 Å². The molecular weight excluding hydrogens is 306 g/mol. The monoisotopic (exact) mass is 319 g/mol. The number of fused-ring (bicyclic) bond motifs is 1. The Morgan fingerprint density at radius 3 is 2.58 bits per heavy atom. The molecule has 0 aliphatic carbocycles. The van der Waals surface area contributed by atoms with Gasteiger partial charge < -0.3 is 0 Å². The van der Waals surface area contributed by atoms with E-state index >= 15 is 0 Å². The second-order valence-electron chi connectivity index (χ2n) is 5.11. The van der Waals surface area contributed by atoms with Crippen LogP contribution in [-0.4, -0.2) is 17.0 Å². The molecule has 0 radical (unpaired) electrons. The molecule has 6 heteroatoms. The number of nitrogens with one attached hydrogen (secondary N) is 1. The van der Waals surface area contributed by atoms with Crippen LogP contribution in [0.2, 0.25) is 0 Å². The summed E-state index contributed by atoms with van der Waals surface area (Å²) in [4.78, 5) is 22.2. The molecule has 0 aliphatic heterocycles. The number of non-ortho nitro benzene ring substituents is 1. The number of hydrazone groups is 1. The van der Waals surface area contributed by atoms with E-state index in [1.807, 2.05) is 42.5 Å². The molecule has 0 aromatic heterocycles. The Bertz CT molecular complexity index is 951. The minimum atomic E-state index is -0.547.